The van der Waals surface area contributed by atoms with Gasteiger partial charge in [-0.1, -0.05) is 122 Å². The number of hydrogen-bond acceptors (Lipinski definition) is 4. The molecule has 2 amide bonds. The van der Waals surface area contributed by atoms with E-state index in [-0.39, 0.29) is 17.7 Å². The average Bonchev–Trinajstić information content (AvgIpc) is 3.27. The van der Waals surface area contributed by atoms with Crippen LogP contribution in [0.5, 0.6) is 0 Å². The molecule has 0 N–H and O–H groups in total. The molecule has 4 aliphatic rings. The summed E-state index contributed by atoms with van der Waals surface area (Å²) in [5.41, 5.74) is 5.04. The molecule has 7 rings (SSSR count). The maximum atomic E-state index is 14.2. The molecule has 2 atom stereocenters. The van der Waals surface area contributed by atoms with Gasteiger partial charge in [-0.05, 0) is 46.9 Å². The van der Waals surface area contributed by atoms with Crippen molar-refractivity contribution in [1.29, 1.82) is 0 Å². The van der Waals surface area contributed by atoms with E-state index in [4.69, 9.17) is 4.74 Å². The smallest absolute Gasteiger partial charge is 0.338 e. The van der Waals surface area contributed by atoms with Gasteiger partial charge in [-0.25, -0.2) is 9.69 Å². The standard InChI is InChI=1S/C35H36BrNO4/c1-2-3-4-5-6-7-8-13-21-41-34(40)23-15-14-16-24(22-23)37-32(38)30-29-25-17-9-11-19-27(25)35(36,31(30)33(37)39)28-20-12-10-18-26(28)29/h9-12,14-20,22,29-31H,2-8,13,21H2,1H3/t29?,30-,31-,35?/m1/s1. The largest absolute Gasteiger partial charge is 0.462 e. The first-order valence-corrected chi connectivity index (χ1v) is 15.8. The zero-order valence-electron chi connectivity index (χ0n) is 23.5. The van der Waals surface area contributed by atoms with Gasteiger partial charge in [-0.3, -0.25) is 9.59 Å². The van der Waals surface area contributed by atoms with Crippen LogP contribution in [0.25, 0.3) is 0 Å². The number of nitrogens with zero attached hydrogens (tertiary/aromatic N) is 1. The number of esters is 1. The van der Waals surface area contributed by atoms with Crippen molar-refractivity contribution >= 4 is 39.4 Å². The number of hydrogen-bond donors (Lipinski definition) is 0. The Morgan fingerprint density at radius 1 is 0.805 bits per heavy atom. The Hall–Kier alpha value is -3.25. The summed E-state index contributed by atoms with van der Waals surface area (Å²) in [6, 6.07) is 23.0. The fourth-order valence-electron chi connectivity index (χ4n) is 7.19. The predicted molar refractivity (Wildman–Crippen MR) is 163 cm³/mol. The fourth-order valence-corrected chi connectivity index (χ4v) is 8.39. The average molecular weight is 615 g/mol. The molecule has 5 nitrogen and oxygen atoms in total. The van der Waals surface area contributed by atoms with E-state index in [0.717, 1.165) is 41.5 Å². The van der Waals surface area contributed by atoms with Gasteiger partial charge in [0.15, 0.2) is 0 Å². The minimum Gasteiger partial charge on any atom is -0.462 e. The molecule has 1 saturated heterocycles. The Balaban J connectivity index is 1.19. The van der Waals surface area contributed by atoms with Gasteiger partial charge < -0.3 is 4.74 Å². The van der Waals surface area contributed by atoms with Crippen LogP contribution in [0, 0.1) is 11.8 Å². The molecule has 0 unspecified atom stereocenters. The van der Waals surface area contributed by atoms with Gasteiger partial charge in [0.1, 0.15) is 0 Å². The molecule has 0 radical (unpaired) electrons. The molecule has 0 saturated carbocycles. The van der Waals surface area contributed by atoms with Crippen LogP contribution in [0.3, 0.4) is 0 Å². The molecule has 1 fully saturated rings. The molecular formula is C35H36BrNO4. The third-order valence-corrected chi connectivity index (χ3v) is 10.4. The van der Waals surface area contributed by atoms with Gasteiger partial charge in [0.2, 0.25) is 11.8 Å². The summed E-state index contributed by atoms with van der Waals surface area (Å²) in [4.78, 5) is 42.4. The van der Waals surface area contributed by atoms with Gasteiger partial charge in [0.05, 0.1) is 34.0 Å². The second-order valence-corrected chi connectivity index (χ2v) is 12.8. The number of unbranched alkanes of at least 4 members (excludes halogenated alkanes) is 7. The summed E-state index contributed by atoms with van der Waals surface area (Å²) >= 11 is 4.03. The van der Waals surface area contributed by atoms with Crippen LogP contribution in [0.1, 0.15) is 96.8 Å². The molecule has 3 aromatic rings. The lowest BCUT2D eigenvalue weighted by atomic mass is 9.55. The molecule has 3 aliphatic carbocycles. The number of imide groups is 1. The highest BCUT2D eigenvalue weighted by atomic mass is 79.9. The Bertz CT molecular complexity index is 1430. The third kappa shape index (κ3) is 4.64. The van der Waals surface area contributed by atoms with Gasteiger partial charge in [0.25, 0.3) is 0 Å². The van der Waals surface area contributed by atoms with Crippen LogP contribution in [-0.4, -0.2) is 24.4 Å². The van der Waals surface area contributed by atoms with Crippen LogP contribution in [-0.2, 0) is 18.7 Å². The van der Waals surface area contributed by atoms with Crippen molar-refractivity contribution < 1.29 is 19.1 Å². The predicted octanol–water partition coefficient (Wildman–Crippen LogP) is 7.89. The highest BCUT2D eigenvalue weighted by Crippen LogP contribution is 2.66. The Labute approximate surface area is 250 Å². The summed E-state index contributed by atoms with van der Waals surface area (Å²) < 4.78 is 4.75. The number of benzene rings is 3. The molecule has 2 bridgehead atoms. The second kappa shape index (κ2) is 11.6. The molecular weight excluding hydrogens is 578 g/mol. The molecule has 3 aromatic carbocycles. The quantitative estimate of drug-likeness (QED) is 0.0954. The van der Waals surface area contributed by atoms with Crippen molar-refractivity contribution in [2.45, 2.75) is 68.5 Å². The van der Waals surface area contributed by atoms with Crippen molar-refractivity contribution in [2.75, 3.05) is 11.5 Å². The van der Waals surface area contributed by atoms with Gasteiger partial charge >= 0.3 is 5.97 Å². The molecule has 1 aliphatic heterocycles. The Morgan fingerprint density at radius 2 is 1.41 bits per heavy atom. The van der Waals surface area contributed by atoms with Crippen LogP contribution >= 0.6 is 15.9 Å². The van der Waals surface area contributed by atoms with Crippen molar-refractivity contribution in [3.8, 4) is 0 Å². The zero-order chi connectivity index (χ0) is 28.6. The van der Waals surface area contributed by atoms with Crippen LogP contribution in [0.15, 0.2) is 72.8 Å². The number of carbonyl (C=O) groups is 3. The summed E-state index contributed by atoms with van der Waals surface area (Å²) in [6.07, 6.45) is 9.36. The zero-order valence-corrected chi connectivity index (χ0v) is 25.1. The lowest BCUT2D eigenvalue weighted by Crippen LogP contribution is -2.50. The van der Waals surface area contributed by atoms with E-state index in [1.165, 1.54) is 37.0 Å². The highest BCUT2D eigenvalue weighted by Gasteiger charge is 2.67. The van der Waals surface area contributed by atoms with E-state index >= 15 is 0 Å². The number of amides is 2. The Morgan fingerprint density at radius 3 is 2.07 bits per heavy atom. The van der Waals surface area contributed by atoms with E-state index in [1.54, 1.807) is 24.3 Å². The summed E-state index contributed by atoms with van der Waals surface area (Å²) in [5.74, 6) is -2.19. The third-order valence-electron chi connectivity index (χ3n) is 9.09. The molecule has 212 valence electrons. The number of carbonyl (C=O) groups excluding carboxylic acids is 3. The number of anilines is 1. The monoisotopic (exact) mass is 613 g/mol. The van der Waals surface area contributed by atoms with Crippen LogP contribution in [0.4, 0.5) is 5.69 Å². The van der Waals surface area contributed by atoms with Gasteiger partial charge in [-0.15, -0.1) is 0 Å². The minimum atomic E-state index is -0.798. The maximum absolute atomic E-state index is 14.2. The maximum Gasteiger partial charge on any atom is 0.338 e. The lowest BCUT2D eigenvalue weighted by molar-refractivity contribution is -0.122. The number of alkyl halides is 1. The van der Waals surface area contributed by atoms with Crippen LogP contribution in [0.2, 0.25) is 0 Å². The number of rotatable bonds is 11. The summed E-state index contributed by atoms with van der Waals surface area (Å²) in [7, 11) is 0. The first kappa shape index (κ1) is 27.9. The summed E-state index contributed by atoms with van der Waals surface area (Å²) in [5, 5.41) is 0. The van der Waals surface area contributed by atoms with Crippen molar-refractivity contribution in [3.63, 3.8) is 0 Å². The summed E-state index contributed by atoms with van der Waals surface area (Å²) in [6.45, 7) is 2.59. The highest BCUT2D eigenvalue weighted by molar-refractivity contribution is 9.09. The number of halogens is 1. The van der Waals surface area contributed by atoms with Gasteiger partial charge in [0, 0.05) is 5.92 Å². The fraction of sp³-hybridized carbons (Fsp3) is 0.400. The topological polar surface area (TPSA) is 63.7 Å². The van der Waals surface area contributed by atoms with Crippen LogP contribution < -0.4 is 4.90 Å². The SMILES string of the molecule is CCCCCCCCCCOC(=O)c1cccc(N2C(=O)[C@@H]3C4c5ccccc5C(Br)(c5ccccc54)[C@H]3C2=O)c1. The van der Waals surface area contributed by atoms with E-state index in [9.17, 15) is 14.4 Å². The number of ether oxygens (including phenoxy) is 1. The van der Waals surface area contributed by atoms with E-state index in [1.807, 2.05) is 24.3 Å². The lowest BCUT2D eigenvalue weighted by Gasteiger charge is -2.51. The first-order valence-electron chi connectivity index (χ1n) is 15.0. The van der Waals surface area contributed by atoms with E-state index in [2.05, 4.69) is 47.1 Å². The molecule has 41 heavy (non-hydrogen) atoms. The molecule has 0 aromatic heterocycles. The normalized spacial score (nSPS) is 23.8. The van der Waals surface area contributed by atoms with Crippen molar-refractivity contribution in [2.24, 2.45) is 11.8 Å². The van der Waals surface area contributed by atoms with Gasteiger partial charge in [-0.2, -0.15) is 0 Å². The molecule has 6 heteroatoms. The van der Waals surface area contributed by atoms with E-state index < -0.39 is 22.1 Å². The minimum absolute atomic E-state index is 0.201. The van der Waals surface area contributed by atoms with Crippen molar-refractivity contribution in [3.05, 3.63) is 101 Å². The van der Waals surface area contributed by atoms with E-state index in [0.29, 0.717) is 17.9 Å². The molecule has 1 heterocycles. The van der Waals surface area contributed by atoms with Crippen molar-refractivity contribution in [1.82, 2.24) is 0 Å². The second-order valence-electron chi connectivity index (χ2n) is 11.5. The Kier molecular flexibility index (Phi) is 7.86. The first-order chi connectivity index (χ1) is 20.0. The molecule has 0 spiro atoms.